The Morgan fingerprint density at radius 1 is 1.47 bits per heavy atom. The monoisotopic (exact) mass is 224 g/mol. The molecule has 1 heterocycles. The van der Waals surface area contributed by atoms with Crippen LogP contribution in [0.3, 0.4) is 0 Å². The molecule has 1 saturated carbocycles. The highest BCUT2D eigenvalue weighted by molar-refractivity contribution is 6.18. The summed E-state index contributed by atoms with van der Waals surface area (Å²) in [6.07, 6.45) is 6.68. The average molecular weight is 225 g/mol. The number of anilines is 1. The van der Waals surface area contributed by atoms with Gasteiger partial charge in [0.25, 0.3) is 0 Å². The number of aryl methyl sites for hydroxylation is 1. The summed E-state index contributed by atoms with van der Waals surface area (Å²) in [5.74, 6) is 1.66. The van der Waals surface area contributed by atoms with E-state index < -0.39 is 0 Å². The van der Waals surface area contributed by atoms with Crippen molar-refractivity contribution in [1.29, 1.82) is 0 Å². The van der Waals surface area contributed by atoms with Crippen LogP contribution >= 0.6 is 11.6 Å². The first-order valence-electron chi connectivity index (χ1n) is 5.52. The Morgan fingerprint density at radius 3 is 2.80 bits per heavy atom. The van der Waals surface area contributed by atoms with Crippen molar-refractivity contribution < 1.29 is 0 Å². The van der Waals surface area contributed by atoms with E-state index in [4.69, 9.17) is 11.6 Å². The quantitative estimate of drug-likeness (QED) is 0.797. The Kier molecular flexibility index (Phi) is 3.15. The molecule has 0 unspecified atom stereocenters. The van der Waals surface area contributed by atoms with Crippen LogP contribution in [0.2, 0.25) is 0 Å². The molecule has 0 saturated heterocycles. The predicted molar refractivity (Wildman–Crippen MR) is 64.5 cm³/mol. The first kappa shape index (κ1) is 10.7. The topological polar surface area (TPSA) is 24.9 Å². The highest BCUT2D eigenvalue weighted by Gasteiger charge is 2.33. The third-order valence-corrected chi connectivity index (χ3v) is 3.72. The van der Waals surface area contributed by atoms with E-state index in [-0.39, 0.29) is 5.54 Å². The predicted octanol–water partition coefficient (Wildman–Crippen LogP) is 3.35. The van der Waals surface area contributed by atoms with Crippen molar-refractivity contribution in [3.8, 4) is 0 Å². The van der Waals surface area contributed by atoms with Gasteiger partial charge in [0.2, 0.25) is 0 Å². The van der Waals surface area contributed by atoms with E-state index in [1.165, 1.54) is 18.4 Å². The number of aromatic nitrogens is 1. The number of hydrogen-bond acceptors (Lipinski definition) is 2. The summed E-state index contributed by atoms with van der Waals surface area (Å²) >= 11 is 6.08. The van der Waals surface area contributed by atoms with Gasteiger partial charge in [-0.3, -0.25) is 0 Å². The van der Waals surface area contributed by atoms with Crippen LogP contribution in [0.4, 0.5) is 5.82 Å². The third kappa shape index (κ3) is 2.25. The first-order valence-corrected chi connectivity index (χ1v) is 6.05. The second-order valence-electron chi connectivity index (χ2n) is 4.41. The molecule has 1 N–H and O–H groups in total. The number of nitrogens with one attached hydrogen (secondary N) is 1. The standard InChI is InChI=1S/C12H17ClN2/c1-10-5-4-8-14-11(10)15-12(9-13)6-2-3-7-12/h4-5,8H,2-3,6-7,9H2,1H3,(H,14,15). The maximum Gasteiger partial charge on any atom is 0.129 e. The number of alkyl halides is 1. The van der Waals surface area contributed by atoms with Crippen LogP contribution in [0.1, 0.15) is 31.2 Å². The molecule has 0 atom stereocenters. The lowest BCUT2D eigenvalue weighted by molar-refractivity contribution is 0.537. The molecule has 15 heavy (non-hydrogen) atoms. The van der Waals surface area contributed by atoms with Crippen LogP contribution in [0.25, 0.3) is 0 Å². The Hall–Kier alpha value is -0.760. The molecule has 0 radical (unpaired) electrons. The van der Waals surface area contributed by atoms with E-state index in [1.807, 2.05) is 12.3 Å². The van der Waals surface area contributed by atoms with Crippen molar-refractivity contribution in [2.45, 2.75) is 38.1 Å². The minimum atomic E-state index is 0.0840. The van der Waals surface area contributed by atoms with Crippen LogP contribution in [-0.2, 0) is 0 Å². The summed E-state index contributed by atoms with van der Waals surface area (Å²) in [6, 6.07) is 4.04. The van der Waals surface area contributed by atoms with Crippen LogP contribution in [0.15, 0.2) is 18.3 Å². The smallest absolute Gasteiger partial charge is 0.129 e. The molecule has 0 spiro atoms. The lowest BCUT2D eigenvalue weighted by atomic mass is 10.00. The molecule has 1 fully saturated rings. The molecule has 0 aliphatic heterocycles. The molecule has 0 bridgehead atoms. The molecule has 1 aliphatic carbocycles. The van der Waals surface area contributed by atoms with E-state index in [0.29, 0.717) is 5.88 Å². The molecule has 2 nitrogen and oxygen atoms in total. The first-order chi connectivity index (χ1) is 7.26. The number of halogens is 1. The van der Waals surface area contributed by atoms with Crippen LogP contribution in [-0.4, -0.2) is 16.4 Å². The fourth-order valence-corrected chi connectivity index (χ4v) is 2.55. The number of hydrogen-bond donors (Lipinski definition) is 1. The SMILES string of the molecule is Cc1cccnc1NC1(CCl)CCCC1. The van der Waals surface area contributed by atoms with Crippen molar-refractivity contribution in [2.75, 3.05) is 11.2 Å². The largest absolute Gasteiger partial charge is 0.363 e. The number of nitrogens with zero attached hydrogens (tertiary/aromatic N) is 1. The summed E-state index contributed by atoms with van der Waals surface area (Å²) < 4.78 is 0. The second kappa shape index (κ2) is 4.40. The highest BCUT2D eigenvalue weighted by atomic mass is 35.5. The van der Waals surface area contributed by atoms with Crippen LogP contribution in [0.5, 0.6) is 0 Å². The summed E-state index contributed by atoms with van der Waals surface area (Å²) in [6.45, 7) is 2.08. The third-order valence-electron chi connectivity index (χ3n) is 3.21. The minimum Gasteiger partial charge on any atom is -0.363 e. The Bertz CT molecular complexity index is 332. The zero-order valence-corrected chi connectivity index (χ0v) is 9.85. The van der Waals surface area contributed by atoms with Crippen molar-refractivity contribution in [3.05, 3.63) is 23.9 Å². The lowest BCUT2D eigenvalue weighted by Gasteiger charge is -2.29. The van der Waals surface area contributed by atoms with E-state index in [0.717, 1.165) is 18.7 Å². The molecular weight excluding hydrogens is 208 g/mol. The number of rotatable bonds is 3. The zero-order valence-electron chi connectivity index (χ0n) is 9.09. The van der Waals surface area contributed by atoms with Gasteiger partial charge in [0.15, 0.2) is 0 Å². The average Bonchev–Trinajstić information content (AvgIpc) is 2.71. The van der Waals surface area contributed by atoms with Gasteiger partial charge in [-0.1, -0.05) is 18.9 Å². The normalized spacial score (nSPS) is 19.1. The summed E-state index contributed by atoms with van der Waals surface area (Å²) in [5, 5.41) is 3.53. The Balaban J connectivity index is 2.16. The molecular formula is C12H17ClN2. The Labute approximate surface area is 96.1 Å². The van der Waals surface area contributed by atoms with Gasteiger partial charge in [-0.2, -0.15) is 0 Å². The molecule has 82 valence electrons. The van der Waals surface area contributed by atoms with Gasteiger partial charge in [0.05, 0.1) is 5.54 Å². The molecule has 2 rings (SSSR count). The van der Waals surface area contributed by atoms with Gasteiger partial charge in [-0.25, -0.2) is 4.98 Å². The molecule has 1 aliphatic rings. The molecule has 1 aromatic heterocycles. The maximum absolute atomic E-state index is 6.08. The van der Waals surface area contributed by atoms with Crippen LogP contribution in [0, 0.1) is 6.92 Å². The minimum absolute atomic E-state index is 0.0840. The van der Waals surface area contributed by atoms with Gasteiger partial charge in [0, 0.05) is 12.1 Å². The summed E-state index contributed by atoms with van der Waals surface area (Å²) in [7, 11) is 0. The molecule has 0 amide bonds. The fraction of sp³-hybridized carbons (Fsp3) is 0.583. The van der Waals surface area contributed by atoms with Crippen LogP contribution < -0.4 is 5.32 Å². The summed E-state index contributed by atoms with van der Waals surface area (Å²) in [5.41, 5.74) is 1.27. The van der Waals surface area contributed by atoms with Crippen molar-refractivity contribution in [3.63, 3.8) is 0 Å². The van der Waals surface area contributed by atoms with Crippen molar-refractivity contribution in [1.82, 2.24) is 4.98 Å². The van der Waals surface area contributed by atoms with Crippen molar-refractivity contribution >= 4 is 17.4 Å². The van der Waals surface area contributed by atoms with Gasteiger partial charge in [-0.05, 0) is 31.4 Å². The molecule has 1 aromatic rings. The molecule has 0 aromatic carbocycles. The highest BCUT2D eigenvalue weighted by Crippen LogP contribution is 2.34. The van der Waals surface area contributed by atoms with Crippen molar-refractivity contribution in [2.24, 2.45) is 0 Å². The Morgan fingerprint density at radius 2 is 2.20 bits per heavy atom. The van der Waals surface area contributed by atoms with E-state index >= 15 is 0 Å². The second-order valence-corrected chi connectivity index (χ2v) is 4.68. The number of pyridine rings is 1. The van der Waals surface area contributed by atoms with Gasteiger partial charge in [-0.15, -0.1) is 11.6 Å². The maximum atomic E-state index is 6.08. The van der Waals surface area contributed by atoms with E-state index in [1.54, 1.807) is 0 Å². The van der Waals surface area contributed by atoms with E-state index in [2.05, 4.69) is 23.3 Å². The van der Waals surface area contributed by atoms with E-state index in [9.17, 15) is 0 Å². The fourth-order valence-electron chi connectivity index (χ4n) is 2.21. The van der Waals surface area contributed by atoms with Gasteiger partial charge >= 0.3 is 0 Å². The zero-order chi connectivity index (χ0) is 10.7. The summed E-state index contributed by atoms with van der Waals surface area (Å²) in [4.78, 5) is 4.36. The van der Waals surface area contributed by atoms with Gasteiger partial charge in [0.1, 0.15) is 5.82 Å². The molecule has 3 heteroatoms. The van der Waals surface area contributed by atoms with Gasteiger partial charge < -0.3 is 5.32 Å². The lowest BCUT2D eigenvalue weighted by Crippen LogP contribution is -2.37.